The van der Waals surface area contributed by atoms with Gasteiger partial charge in [-0.3, -0.25) is 0 Å². The van der Waals surface area contributed by atoms with Gasteiger partial charge in [0.2, 0.25) is 0 Å². The molecule has 2 heteroatoms. The molecule has 26 heavy (non-hydrogen) atoms. The minimum Gasteiger partial charge on any atom is -0.395 e. The monoisotopic (exact) mass is 376 g/mol. The maximum atomic E-state index is 9.25. The van der Waals surface area contributed by atoms with E-state index in [2.05, 4.69) is 74.6 Å². The molecule has 0 saturated heterocycles. The van der Waals surface area contributed by atoms with Crippen LogP contribution in [0.1, 0.15) is 71.6 Å². The van der Waals surface area contributed by atoms with E-state index in [1.807, 2.05) is 11.8 Å². The predicted octanol–water partition coefficient (Wildman–Crippen LogP) is 7.41. The van der Waals surface area contributed by atoms with Crippen LogP contribution < -0.4 is 0 Å². The lowest BCUT2D eigenvalue weighted by atomic mass is 10.1. The van der Waals surface area contributed by atoms with Crippen molar-refractivity contribution in [1.82, 2.24) is 0 Å². The Hall–Kier alpha value is -0.990. The summed E-state index contributed by atoms with van der Waals surface area (Å²) in [6.45, 7) is 4.64. The van der Waals surface area contributed by atoms with E-state index in [1.165, 1.54) is 12.8 Å². The van der Waals surface area contributed by atoms with Crippen molar-refractivity contribution in [1.29, 1.82) is 0 Å². The van der Waals surface area contributed by atoms with Crippen LogP contribution >= 0.6 is 11.8 Å². The van der Waals surface area contributed by atoms with Gasteiger partial charge in [-0.2, -0.15) is 11.8 Å². The molecule has 0 bridgehead atoms. The highest BCUT2D eigenvalue weighted by Crippen LogP contribution is 2.17. The van der Waals surface area contributed by atoms with Gasteiger partial charge >= 0.3 is 0 Å². The van der Waals surface area contributed by atoms with Gasteiger partial charge < -0.3 is 5.11 Å². The van der Waals surface area contributed by atoms with E-state index in [4.69, 9.17) is 0 Å². The molecule has 0 radical (unpaired) electrons. The zero-order valence-electron chi connectivity index (χ0n) is 17.0. The van der Waals surface area contributed by atoms with Crippen LogP contribution in [0.3, 0.4) is 0 Å². The third kappa shape index (κ3) is 19.3. The van der Waals surface area contributed by atoms with Crippen LogP contribution in [-0.2, 0) is 0 Å². The zero-order chi connectivity index (χ0) is 19.1. The summed E-state index contributed by atoms with van der Waals surface area (Å²) in [6, 6.07) is 0. The molecule has 0 rings (SSSR count). The van der Waals surface area contributed by atoms with Crippen molar-refractivity contribution in [3.8, 4) is 0 Å². The molecule has 0 aromatic rings. The molecule has 0 aromatic heterocycles. The molecule has 0 aliphatic heterocycles. The lowest BCUT2D eigenvalue weighted by Crippen LogP contribution is -2.08. The lowest BCUT2D eigenvalue weighted by Gasteiger charge is -2.11. The fourth-order valence-corrected chi connectivity index (χ4v) is 3.38. The van der Waals surface area contributed by atoms with Crippen LogP contribution in [0.5, 0.6) is 0 Å². The number of aliphatic hydroxyl groups is 1. The van der Waals surface area contributed by atoms with Gasteiger partial charge in [0, 0.05) is 5.25 Å². The molecule has 1 nitrogen and oxygen atoms in total. The summed E-state index contributed by atoms with van der Waals surface area (Å²) < 4.78 is 0. The molecule has 0 aliphatic carbocycles. The Balaban J connectivity index is 3.50. The van der Waals surface area contributed by atoms with Gasteiger partial charge in [0.15, 0.2) is 0 Å². The van der Waals surface area contributed by atoms with E-state index in [-0.39, 0.29) is 0 Å². The van der Waals surface area contributed by atoms with Crippen LogP contribution in [-0.4, -0.2) is 22.7 Å². The Kier molecular flexibility index (Phi) is 21.2. The molecule has 0 aromatic carbocycles. The Morgan fingerprint density at radius 2 is 1.19 bits per heavy atom. The van der Waals surface area contributed by atoms with Crippen LogP contribution in [0, 0.1) is 0 Å². The Labute approximate surface area is 167 Å². The van der Waals surface area contributed by atoms with Crippen LogP contribution in [0.4, 0.5) is 0 Å². The smallest absolute Gasteiger partial charge is 0.0550 e. The van der Waals surface area contributed by atoms with Crippen LogP contribution in [0.2, 0.25) is 0 Å². The maximum Gasteiger partial charge on any atom is 0.0550 e. The van der Waals surface area contributed by atoms with Crippen LogP contribution in [0.15, 0.2) is 60.8 Å². The molecule has 0 spiro atoms. The molecule has 0 fully saturated rings. The summed E-state index contributed by atoms with van der Waals surface area (Å²) >= 11 is 1.88. The first-order valence-corrected chi connectivity index (χ1v) is 11.4. The summed E-state index contributed by atoms with van der Waals surface area (Å²) in [5.74, 6) is 1.10. The highest BCUT2D eigenvalue weighted by molar-refractivity contribution is 7.99. The number of rotatable bonds is 17. The van der Waals surface area contributed by atoms with E-state index >= 15 is 0 Å². The second kappa shape index (κ2) is 22.1. The second-order valence-electron chi connectivity index (χ2n) is 6.25. The summed E-state index contributed by atoms with van der Waals surface area (Å²) in [6.07, 6.45) is 32.4. The third-order valence-corrected chi connectivity index (χ3v) is 5.10. The number of allylic oxidation sites excluding steroid dienone is 10. The molecule has 1 unspecified atom stereocenters. The minimum absolute atomic E-state index is 0.320. The zero-order valence-corrected chi connectivity index (χ0v) is 17.8. The average Bonchev–Trinajstić information content (AvgIpc) is 2.66. The van der Waals surface area contributed by atoms with Gasteiger partial charge in [0.1, 0.15) is 0 Å². The highest BCUT2D eigenvalue weighted by Gasteiger charge is 2.05. The number of hydrogen-bond acceptors (Lipinski definition) is 2. The van der Waals surface area contributed by atoms with Gasteiger partial charge in [-0.1, -0.05) is 81.0 Å². The predicted molar refractivity (Wildman–Crippen MR) is 122 cm³/mol. The van der Waals surface area contributed by atoms with Gasteiger partial charge in [0.25, 0.3) is 0 Å². The Morgan fingerprint density at radius 1 is 0.692 bits per heavy atom. The van der Waals surface area contributed by atoms with Crippen LogP contribution in [0.25, 0.3) is 0 Å². The third-order valence-electron chi connectivity index (χ3n) is 3.91. The quantitative estimate of drug-likeness (QED) is 0.211. The average molecular weight is 377 g/mol. The van der Waals surface area contributed by atoms with Crippen molar-refractivity contribution in [3.05, 3.63) is 60.8 Å². The molecule has 1 N–H and O–H groups in total. The van der Waals surface area contributed by atoms with E-state index in [0.29, 0.717) is 11.9 Å². The molecular formula is C24H40OS. The van der Waals surface area contributed by atoms with E-state index in [9.17, 15) is 5.11 Å². The number of unbranched alkanes of at least 4 members (excludes halogenated alkanes) is 2. The standard InChI is InChI=1S/C24H40OS/c1-3-5-6-7-8-9-10-11-12-13-14-15-16-17-18-19-20-21-22-24(23-25)26-4-2/h5-6,8-9,11-12,14-15,17-18,24-25H,3-4,7,10,13,16,19-23H2,1-2H3/b6-5-,9-8-,12-11-,15-14-,18-17-. The van der Waals surface area contributed by atoms with E-state index in [0.717, 1.165) is 50.7 Å². The molecule has 0 heterocycles. The number of aliphatic hydroxyl groups excluding tert-OH is 1. The largest absolute Gasteiger partial charge is 0.395 e. The molecular weight excluding hydrogens is 336 g/mol. The van der Waals surface area contributed by atoms with Crippen molar-refractivity contribution < 1.29 is 5.11 Å². The topological polar surface area (TPSA) is 20.2 Å². The summed E-state index contributed by atoms with van der Waals surface area (Å²) in [7, 11) is 0. The number of hydrogen-bond donors (Lipinski definition) is 1. The van der Waals surface area contributed by atoms with Gasteiger partial charge in [-0.25, -0.2) is 0 Å². The summed E-state index contributed by atoms with van der Waals surface area (Å²) in [5, 5.41) is 9.69. The summed E-state index contributed by atoms with van der Waals surface area (Å²) in [5.41, 5.74) is 0. The van der Waals surface area contributed by atoms with E-state index < -0.39 is 0 Å². The first-order chi connectivity index (χ1) is 12.8. The molecule has 0 aliphatic rings. The van der Waals surface area contributed by atoms with E-state index in [1.54, 1.807) is 0 Å². The number of thioether (sulfide) groups is 1. The minimum atomic E-state index is 0.320. The second-order valence-corrected chi connectivity index (χ2v) is 7.83. The summed E-state index contributed by atoms with van der Waals surface area (Å²) in [4.78, 5) is 0. The molecule has 1 atom stereocenters. The Bertz CT molecular complexity index is 418. The van der Waals surface area contributed by atoms with Crippen molar-refractivity contribution in [2.45, 2.75) is 76.9 Å². The van der Waals surface area contributed by atoms with Gasteiger partial charge in [-0.15, -0.1) is 0 Å². The van der Waals surface area contributed by atoms with Crippen molar-refractivity contribution in [2.24, 2.45) is 0 Å². The molecule has 0 saturated carbocycles. The Morgan fingerprint density at radius 3 is 1.65 bits per heavy atom. The normalized spacial score (nSPS) is 14.1. The fraction of sp³-hybridized carbons (Fsp3) is 0.583. The first kappa shape index (κ1) is 25.0. The fourth-order valence-electron chi connectivity index (χ4n) is 2.47. The molecule has 148 valence electrons. The van der Waals surface area contributed by atoms with Gasteiger partial charge in [-0.05, 0) is 57.1 Å². The first-order valence-electron chi connectivity index (χ1n) is 10.3. The maximum absolute atomic E-state index is 9.25. The van der Waals surface area contributed by atoms with Gasteiger partial charge in [0.05, 0.1) is 6.61 Å². The van der Waals surface area contributed by atoms with Crippen molar-refractivity contribution >= 4 is 11.8 Å². The van der Waals surface area contributed by atoms with Crippen molar-refractivity contribution in [2.75, 3.05) is 12.4 Å². The molecule has 0 amide bonds. The SMILES string of the molecule is CC/C=C\C/C=C\C/C=C\C/C=C\C/C=C\CCCCC(CO)SCC. The van der Waals surface area contributed by atoms with Crippen molar-refractivity contribution in [3.63, 3.8) is 0 Å². The lowest BCUT2D eigenvalue weighted by molar-refractivity contribution is 0.288. The highest BCUT2D eigenvalue weighted by atomic mass is 32.2.